The van der Waals surface area contributed by atoms with Gasteiger partial charge in [0.2, 0.25) is 10.0 Å². The highest BCUT2D eigenvalue weighted by Crippen LogP contribution is 2.29. The molecule has 1 heterocycles. The van der Waals surface area contributed by atoms with Gasteiger partial charge in [0, 0.05) is 37.9 Å². The van der Waals surface area contributed by atoms with E-state index in [1.807, 2.05) is 0 Å². The zero-order valence-corrected chi connectivity index (χ0v) is 13.6. The summed E-state index contributed by atoms with van der Waals surface area (Å²) in [5.74, 6) is 0.329. The third-order valence-electron chi connectivity index (χ3n) is 3.81. The SMILES string of the molecule is COc1ccc(N)cc1S(=O)(=O)N1CCN(C(C)C)CC1. The van der Waals surface area contributed by atoms with Crippen molar-refractivity contribution >= 4 is 15.7 Å². The lowest BCUT2D eigenvalue weighted by Crippen LogP contribution is -2.50. The second kappa shape index (κ2) is 6.21. The van der Waals surface area contributed by atoms with E-state index >= 15 is 0 Å². The number of hydrogen-bond donors (Lipinski definition) is 1. The summed E-state index contributed by atoms with van der Waals surface area (Å²) < 4.78 is 32.2. The monoisotopic (exact) mass is 313 g/mol. The minimum Gasteiger partial charge on any atom is -0.495 e. The van der Waals surface area contributed by atoms with Crippen LogP contribution in [0.4, 0.5) is 5.69 Å². The number of piperazine rings is 1. The molecule has 0 aliphatic carbocycles. The molecule has 0 radical (unpaired) electrons. The van der Waals surface area contributed by atoms with Crippen LogP contribution in [0.1, 0.15) is 13.8 Å². The second-order valence-electron chi connectivity index (χ2n) is 5.44. The molecule has 1 aliphatic rings. The van der Waals surface area contributed by atoms with Gasteiger partial charge in [-0.1, -0.05) is 0 Å². The molecule has 118 valence electrons. The largest absolute Gasteiger partial charge is 0.495 e. The Morgan fingerprint density at radius 1 is 1.19 bits per heavy atom. The summed E-state index contributed by atoms with van der Waals surface area (Å²) in [6.07, 6.45) is 0. The maximum absolute atomic E-state index is 12.8. The zero-order valence-electron chi connectivity index (χ0n) is 12.7. The highest BCUT2D eigenvalue weighted by molar-refractivity contribution is 7.89. The van der Waals surface area contributed by atoms with E-state index < -0.39 is 10.0 Å². The van der Waals surface area contributed by atoms with Crippen molar-refractivity contribution in [1.82, 2.24) is 9.21 Å². The summed E-state index contributed by atoms with van der Waals surface area (Å²) in [6, 6.07) is 5.11. The van der Waals surface area contributed by atoms with E-state index in [9.17, 15) is 8.42 Å². The Labute approximate surface area is 126 Å². The maximum atomic E-state index is 12.8. The summed E-state index contributed by atoms with van der Waals surface area (Å²) in [5, 5.41) is 0. The lowest BCUT2D eigenvalue weighted by Gasteiger charge is -2.36. The normalized spacial score (nSPS) is 18.1. The summed E-state index contributed by atoms with van der Waals surface area (Å²) in [4.78, 5) is 2.41. The minimum atomic E-state index is -3.57. The first kappa shape index (κ1) is 16.1. The van der Waals surface area contributed by atoms with Crippen LogP contribution in [0, 0.1) is 0 Å². The van der Waals surface area contributed by atoms with Crippen molar-refractivity contribution in [3.63, 3.8) is 0 Å². The molecule has 1 saturated heterocycles. The molecule has 0 aromatic heterocycles. The standard InChI is InChI=1S/C14H23N3O3S/c1-11(2)16-6-8-17(9-7-16)21(18,19)14-10-12(15)4-5-13(14)20-3/h4-5,10-11H,6-9,15H2,1-3H3. The molecule has 7 heteroatoms. The van der Waals surface area contributed by atoms with E-state index in [4.69, 9.17) is 10.5 Å². The zero-order chi connectivity index (χ0) is 15.6. The van der Waals surface area contributed by atoms with Crippen LogP contribution in [0.5, 0.6) is 5.75 Å². The summed E-state index contributed by atoms with van der Waals surface area (Å²) >= 11 is 0. The van der Waals surface area contributed by atoms with Crippen molar-refractivity contribution in [1.29, 1.82) is 0 Å². The van der Waals surface area contributed by atoms with Gasteiger partial charge in [0.15, 0.2) is 0 Å². The Morgan fingerprint density at radius 2 is 1.81 bits per heavy atom. The van der Waals surface area contributed by atoms with Gasteiger partial charge in [-0.2, -0.15) is 4.31 Å². The van der Waals surface area contributed by atoms with Gasteiger partial charge in [-0.3, -0.25) is 4.90 Å². The lowest BCUT2D eigenvalue weighted by atomic mass is 10.3. The minimum absolute atomic E-state index is 0.142. The van der Waals surface area contributed by atoms with E-state index in [-0.39, 0.29) is 4.90 Å². The fourth-order valence-corrected chi connectivity index (χ4v) is 4.11. The molecule has 21 heavy (non-hydrogen) atoms. The third-order valence-corrected chi connectivity index (χ3v) is 5.73. The average Bonchev–Trinajstić information content (AvgIpc) is 2.47. The van der Waals surface area contributed by atoms with Crippen LogP contribution in [-0.2, 0) is 10.0 Å². The van der Waals surface area contributed by atoms with E-state index in [0.717, 1.165) is 13.1 Å². The van der Waals surface area contributed by atoms with Gasteiger partial charge in [0.25, 0.3) is 0 Å². The van der Waals surface area contributed by atoms with Gasteiger partial charge in [0.05, 0.1) is 7.11 Å². The molecule has 1 aromatic carbocycles. The molecule has 0 unspecified atom stereocenters. The number of nitrogens with zero attached hydrogens (tertiary/aromatic N) is 2. The first-order valence-electron chi connectivity index (χ1n) is 7.04. The predicted octanol–water partition coefficient (Wildman–Crippen LogP) is 0.992. The Balaban J connectivity index is 2.25. The molecule has 1 fully saturated rings. The van der Waals surface area contributed by atoms with Gasteiger partial charge < -0.3 is 10.5 Å². The van der Waals surface area contributed by atoms with Crippen LogP contribution in [0.3, 0.4) is 0 Å². The number of rotatable bonds is 4. The maximum Gasteiger partial charge on any atom is 0.246 e. The summed E-state index contributed by atoms with van der Waals surface area (Å²) in [6.45, 7) is 6.68. The number of nitrogen functional groups attached to an aromatic ring is 1. The van der Waals surface area contributed by atoms with Crippen molar-refractivity contribution in [2.75, 3.05) is 39.0 Å². The molecule has 0 amide bonds. The van der Waals surface area contributed by atoms with Crippen LogP contribution < -0.4 is 10.5 Å². The molecule has 0 atom stereocenters. The van der Waals surface area contributed by atoms with Gasteiger partial charge in [-0.05, 0) is 32.0 Å². The summed E-state index contributed by atoms with van der Waals surface area (Å²) in [5.41, 5.74) is 6.14. The third kappa shape index (κ3) is 3.30. The van der Waals surface area contributed by atoms with Gasteiger partial charge in [-0.15, -0.1) is 0 Å². The predicted molar refractivity (Wildman–Crippen MR) is 82.9 cm³/mol. The van der Waals surface area contributed by atoms with Crippen LogP contribution in [0.15, 0.2) is 23.1 Å². The van der Waals surface area contributed by atoms with Crippen LogP contribution in [0.25, 0.3) is 0 Å². The highest BCUT2D eigenvalue weighted by Gasteiger charge is 2.31. The van der Waals surface area contributed by atoms with Crippen molar-refractivity contribution in [2.45, 2.75) is 24.8 Å². The summed E-state index contributed by atoms with van der Waals surface area (Å²) in [7, 11) is -2.12. The van der Waals surface area contributed by atoms with Crippen LogP contribution >= 0.6 is 0 Å². The number of anilines is 1. The quantitative estimate of drug-likeness (QED) is 0.839. The first-order chi connectivity index (χ1) is 9.86. The molecule has 2 rings (SSSR count). The number of ether oxygens (including phenoxy) is 1. The fraction of sp³-hybridized carbons (Fsp3) is 0.571. The molecule has 0 spiro atoms. The first-order valence-corrected chi connectivity index (χ1v) is 8.48. The number of hydrogen-bond acceptors (Lipinski definition) is 5. The van der Waals surface area contributed by atoms with Crippen molar-refractivity contribution in [3.05, 3.63) is 18.2 Å². The number of sulfonamides is 1. The van der Waals surface area contributed by atoms with Crippen molar-refractivity contribution < 1.29 is 13.2 Å². The highest BCUT2D eigenvalue weighted by atomic mass is 32.2. The molecule has 1 aromatic rings. The molecule has 0 bridgehead atoms. The van der Waals surface area contributed by atoms with Gasteiger partial charge in [0.1, 0.15) is 10.6 Å². The molecule has 6 nitrogen and oxygen atoms in total. The fourth-order valence-electron chi connectivity index (χ4n) is 2.49. The Kier molecular flexibility index (Phi) is 4.75. The van der Waals surface area contributed by atoms with E-state index in [0.29, 0.717) is 30.6 Å². The molecule has 2 N–H and O–H groups in total. The second-order valence-corrected chi connectivity index (χ2v) is 7.35. The van der Waals surface area contributed by atoms with E-state index in [1.165, 1.54) is 17.5 Å². The van der Waals surface area contributed by atoms with Gasteiger partial charge in [-0.25, -0.2) is 8.42 Å². The van der Waals surface area contributed by atoms with E-state index in [1.54, 1.807) is 12.1 Å². The van der Waals surface area contributed by atoms with Gasteiger partial charge >= 0.3 is 0 Å². The Morgan fingerprint density at radius 3 is 2.33 bits per heavy atom. The Hall–Kier alpha value is -1.31. The lowest BCUT2D eigenvalue weighted by molar-refractivity contribution is 0.154. The Bertz CT molecular complexity index is 593. The molecule has 0 saturated carbocycles. The molecular formula is C14H23N3O3S. The van der Waals surface area contributed by atoms with Crippen LogP contribution in [0.2, 0.25) is 0 Å². The average molecular weight is 313 g/mol. The van der Waals surface area contributed by atoms with E-state index in [2.05, 4.69) is 18.7 Å². The number of benzene rings is 1. The number of nitrogens with two attached hydrogens (primary N) is 1. The number of methoxy groups -OCH3 is 1. The topological polar surface area (TPSA) is 75.9 Å². The smallest absolute Gasteiger partial charge is 0.246 e. The van der Waals surface area contributed by atoms with Crippen LogP contribution in [-0.4, -0.2) is 57.0 Å². The molecule has 1 aliphatic heterocycles. The van der Waals surface area contributed by atoms with Crippen molar-refractivity contribution in [2.24, 2.45) is 0 Å². The molecular weight excluding hydrogens is 290 g/mol. The van der Waals surface area contributed by atoms with Crippen molar-refractivity contribution in [3.8, 4) is 5.75 Å².